The Bertz CT molecular complexity index is 424. The van der Waals surface area contributed by atoms with Gasteiger partial charge in [-0.1, -0.05) is 11.6 Å². The van der Waals surface area contributed by atoms with Crippen LogP contribution in [0.3, 0.4) is 0 Å². The summed E-state index contributed by atoms with van der Waals surface area (Å²) in [6.45, 7) is 0. The number of ether oxygens (including phenoxy) is 1. The summed E-state index contributed by atoms with van der Waals surface area (Å²) in [5.41, 5.74) is 1.96. The van der Waals surface area contributed by atoms with Crippen molar-refractivity contribution in [1.82, 2.24) is 4.98 Å². The number of methoxy groups -OCH3 is 1. The Balaban J connectivity index is 2.33. The summed E-state index contributed by atoms with van der Waals surface area (Å²) in [7, 11) is 1.65. The second-order valence-electron chi connectivity index (χ2n) is 2.71. The van der Waals surface area contributed by atoms with E-state index >= 15 is 0 Å². The van der Waals surface area contributed by atoms with Gasteiger partial charge in [0.1, 0.15) is 5.75 Å². The molecule has 0 saturated heterocycles. The van der Waals surface area contributed by atoms with Crippen LogP contribution in [0.2, 0.25) is 4.47 Å². The van der Waals surface area contributed by atoms with E-state index in [9.17, 15) is 0 Å². The fourth-order valence-corrected chi connectivity index (χ4v) is 1.92. The summed E-state index contributed by atoms with van der Waals surface area (Å²) in [5, 5.41) is 1.93. The molecule has 0 aliphatic rings. The number of thiazole rings is 1. The molecule has 0 spiro atoms. The van der Waals surface area contributed by atoms with Gasteiger partial charge in [-0.3, -0.25) is 0 Å². The van der Waals surface area contributed by atoms with Gasteiger partial charge in [0.05, 0.1) is 12.8 Å². The highest BCUT2D eigenvalue weighted by molar-refractivity contribution is 7.14. The van der Waals surface area contributed by atoms with Crippen LogP contribution in [0.5, 0.6) is 5.75 Å². The van der Waals surface area contributed by atoms with Gasteiger partial charge in [0.25, 0.3) is 0 Å². The third kappa shape index (κ3) is 1.89. The Morgan fingerprint density at radius 2 is 2.00 bits per heavy atom. The fourth-order valence-electron chi connectivity index (χ4n) is 1.15. The van der Waals surface area contributed by atoms with Crippen LogP contribution in [0.1, 0.15) is 0 Å². The Morgan fingerprint density at radius 1 is 1.29 bits per heavy atom. The number of halogens is 1. The molecule has 0 unspecified atom stereocenters. The van der Waals surface area contributed by atoms with Crippen molar-refractivity contribution in [2.45, 2.75) is 0 Å². The maximum absolute atomic E-state index is 5.75. The SMILES string of the molecule is COc1ccc(-c2csc(Cl)n2)cc1. The molecular weight excluding hydrogens is 218 g/mol. The Labute approximate surface area is 91.1 Å². The normalized spacial score (nSPS) is 10.1. The standard InChI is InChI=1S/C10H8ClNOS/c1-13-8-4-2-7(3-5-8)9-6-14-10(11)12-9/h2-6H,1H3. The van der Waals surface area contributed by atoms with Gasteiger partial charge in [-0.2, -0.15) is 0 Å². The molecule has 0 radical (unpaired) electrons. The monoisotopic (exact) mass is 225 g/mol. The van der Waals surface area contributed by atoms with Crippen LogP contribution in [0.4, 0.5) is 0 Å². The Hall–Kier alpha value is -1.06. The Morgan fingerprint density at radius 3 is 2.50 bits per heavy atom. The molecule has 0 fully saturated rings. The highest BCUT2D eigenvalue weighted by Gasteiger charge is 2.02. The molecule has 14 heavy (non-hydrogen) atoms. The molecule has 0 atom stereocenters. The van der Waals surface area contributed by atoms with Gasteiger partial charge in [-0.05, 0) is 24.3 Å². The predicted octanol–water partition coefficient (Wildman–Crippen LogP) is 3.47. The van der Waals surface area contributed by atoms with E-state index in [2.05, 4.69) is 4.98 Å². The van der Waals surface area contributed by atoms with E-state index in [0.29, 0.717) is 4.47 Å². The summed E-state index contributed by atoms with van der Waals surface area (Å²) in [4.78, 5) is 4.18. The first-order chi connectivity index (χ1) is 6.79. The van der Waals surface area contributed by atoms with Crippen molar-refractivity contribution in [3.8, 4) is 17.0 Å². The number of aromatic nitrogens is 1. The highest BCUT2D eigenvalue weighted by atomic mass is 35.5. The van der Waals surface area contributed by atoms with Crippen LogP contribution in [0.25, 0.3) is 11.3 Å². The van der Waals surface area contributed by atoms with Gasteiger partial charge in [0, 0.05) is 10.9 Å². The summed E-state index contributed by atoms with van der Waals surface area (Å²) >= 11 is 7.18. The van der Waals surface area contributed by atoms with Crippen molar-refractivity contribution in [1.29, 1.82) is 0 Å². The molecule has 1 heterocycles. The molecule has 1 aromatic carbocycles. The quantitative estimate of drug-likeness (QED) is 0.781. The maximum Gasteiger partial charge on any atom is 0.184 e. The molecule has 1 aromatic heterocycles. The summed E-state index contributed by atoms with van der Waals surface area (Å²) in [5.74, 6) is 0.843. The minimum atomic E-state index is 0.566. The first-order valence-electron chi connectivity index (χ1n) is 4.05. The molecule has 0 saturated carbocycles. The van der Waals surface area contributed by atoms with E-state index in [1.54, 1.807) is 7.11 Å². The largest absolute Gasteiger partial charge is 0.497 e. The van der Waals surface area contributed by atoms with Crippen molar-refractivity contribution in [2.24, 2.45) is 0 Å². The number of nitrogens with zero attached hydrogens (tertiary/aromatic N) is 1. The van der Waals surface area contributed by atoms with Crippen LogP contribution in [0, 0.1) is 0 Å². The lowest BCUT2D eigenvalue weighted by Crippen LogP contribution is -1.82. The Kier molecular flexibility index (Phi) is 2.70. The summed E-state index contributed by atoms with van der Waals surface area (Å²) in [6, 6.07) is 7.74. The van der Waals surface area contributed by atoms with E-state index in [1.807, 2.05) is 29.6 Å². The van der Waals surface area contributed by atoms with Gasteiger partial charge in [0.2, 0.25) is 0 Å². The van der Waals surface area contributed by atoms with E-state index in [4.69, 9.17) is 16.3 Å². The third-order valence-electron chi connectivity index (χ3n) is 1.86. The first-order valence-corrected chi connectivity index (χ1v) is 5.31. The van der Waals surface area contributed by atoms with Crippen molar-refractivity contribution in [2.75, 3.05) is 7.11 Å². The number of hydrogen-bond acceptors (Lipinski definition) is 3. The van der Waals surface area contributed by atoms with E-state index < -0.39 is 0 Å². The molecule has 0 bridgehead atoms. The fraction of sp³-hybridized carbons (Fsp3) is 0.100. The third-order valence-corrected chi connectivity index (χ3v) is 2.84. The van der Waals surface area contributed by atoms with Crippen LogP contribution in [-0.4, -0.2) is 12.1 Å². The van der Waals surface area contributed by atoms with Crippen LogP contribution >= 0.6 is 22.9 Å². The zero-order chi connectivity index (χ0) is 9.97. The van der Waals surface area contributed by atoms with Crippen molar-refractivity contribution in [3.63, 3.8) is 0 Å². The number of benzene rings is 1. The molecular formula is C10H8ClNOS. The minimum absolute atomic E-state index is 0.566. The molecule has 0 N–H and O–H groups in total. The zero-order valence-corrected chi connectivity index (χ0v) is 9.10. The molecule has 2 rings (SSSR count). The minimum Gasteiger partial charge on any atom is -0.497 e. The van der Waals surface area contributed by atoms with E-state index in [0.717, 1.165) is 17.0 Å². The summed E-state index contributed by atoms with van der Waals surface area (Å²) < 4.78 is 5.63. The molecule has 0 aliphatic carbocycles. The molecule has 2 nitrogen and oxygen atoms in total. The van der Waals surface area contributed by atoms with Gasteiger partial charge in [0.15, 0.2) is 4.47 Å². The predicted molar refractivity (Wildman–Crippen MR) is 59.1 cm³/mol. The average molecular weight is 226 g/mol. The molecule has 2 aromatic rings. The zero-order valence-electron chi connectivity index (χ0n) is 7.53. The van der Waals surface area contributed by atoms with Crippen LogP contribution < -0.4 is 4.74 Å². The maximum atomic E-state index is 5.75. The van der Waals surface area contributed by atoms with Gasteiger partial charge in [-0.25, -0.2) is 4.98 Å². The van der Waals surface area contributed by atoms with Gasteiger partial charge < -0.3 is 4.74 Å². The second kappa shape index (κ2) is 3.98. The highest BCUT2D eigenvalue weighted by Crippen LogP contribution is 2.25. The number of rotatable bonds is 2. The second-order valence-corrected chi connectivity index (χ2v) is 4.15. The van der Waals surface area contributed by atoms with Gasteiger partial charge in [-0.15, -0.1) is 11.3 Å². The summed E-state index contributed by atoms with van der Waals surface area (Å²) in [6.07, 6.45) is 0. The molecule has 4 heteroatoms. The van der Waals surface area contributed by atoms with Gasteiger partial charge >= 0.3 is 0 Å². The molecule has 0 aliphatic heterocycles. The lowest BCUT2D eigenvalue weighted by molar-refractivity contribution is 0.415. The lowest BCUT2D eigenvalue weighted by atomic mass is 10.2. The van der Waals surface area contributed by atoms with E-state index in [-0.39, 0.29) is 0 Å². The smallest absolute Gasteiger partial charge is 0.184 e. The van der Waals surface area contributed by atoms with Crippen molar-refractivity contribution < 1.29 is 4.74 Å². The van der Waals surface area contributed by atoms with Crippen LogP contribution in [0.15, 0.2) is 29.6 Å². The topological polar surface area (TPSA) is 22.1 Å². The van der Waals surface area contributed by atoms with Crippen molar-refractivity contribution in [3.05, 3.63) is 34.1 Å². The van der Waals surface area contributed by atoms with Crippen LogP contribution in [-0.2, 0) is 0 Å². The average Bonchev–Trinajstić information content (AvgIpc) is 2.65. The van der Waals surface area contributed by atoms with Crippen molar-refractivity contribution >= 4 is 22.9 Å². The molecule has 72 valence electrons. The molecule has 0 amide bonds. The first kappa shape index (κ1) is 9.49. The number of hydrogen-bond donors (Lipinski definition) is 0. The lowest BCUT2D eigenvalue weighted by Gasteiger charge is -1.99. The van der Waals surface area contributed by atoms with E-state index in [1.165, 1.54) is 11.3 Å².